The smallest absolute Gasteiger partial charge is 0.0690 e. The van der Waals surface area contributed by atoms with E-state index in [2.05, 4.69) is 34.6 Å². The van der Waals surface area contributed by atoms with Crippen LogP contribution in [0.15, 0.2) is 0 Å². The summed E-state index contributed by atoms with van der Waals surface area (Å²) in [4.78, 5) is 0. The van der Waals surface area contributed by atoms with Crippen molar-refractivity contribution in [3.05, 3.63) is 0 Å². The van der Waals surface area contributed by atoms with Crippen molar-refractivity contribution >= 4 is 0 Å². The Labute approximate surface area is 119 Å². The van der Waals surface area contributed by atoms with Crippen molar-refractivity contribution in [2.45, 2.75) is 78.7 Å². The lowest BCUT2D eigenvalue weighted by Gasteiger charge is -2.65. The second kappa shape index (κ2) is 4.23. The highest BCUT2D eigenvalue weighted by molar-refractivity contribution is 5.10. The third kappa shape index (κ3) is 1.91. The Morgan fingerprint density at radius 1 is 0.947 bits per heavy atom. The molecule has 0 radical (unpaired) electrons. The van der Waals surface area contributed by atoms with Gasteiger partial charge in [0, 0.05) is 6.61 Å². The van der Waals surface area contributed by atoms with Crippen LogP contribution in [0.3, 0.4) is 0 Å². The van der Waals surface area contributed by atoms with Gasteiger partial charge in [-0.1, -0.05) is 34.1 Å². The minimum atomic E-state index is 0.163. The first-order chi connectivity index (χ1) is 8.80. The molecule has 3 aliphatic rings. The van der Waals surface area contributed by atoms with Gasteiger partial charge in [-0.15, -0.1) is 0 Å². The summed E-state index contributed by atoms with van der Waals surface area (Å²) in [6, 6.07) is 0. The zero-order valence-electron chi connectivity index (χ0n) is 13.6. The molecule has 3 fully saturated rings. The Morgan fingerprint density at radius 2 is 1.68 bits per heavy atom. The maximum absolute atomic E-state index is 6.32. The van der Waals surface area contributed by atoms with Crippen molar-refractivity contribution in [3.63, 3.8) is 0 Å². The fourth-order valence-corrected chi connectivity index (χ4v) is 6.60. The molecule has 0 N–H and O–H groups in total. The van der Waals surface area contributed by atoms with Crippen molar-refractivity contribution in [1.29, 1.82) is 0 Å². The third-order valence-electron chi connectivity index (χ3n) is 7.15. The van der Waals surface area contributed by atoms with Gasteiger partial charge in [-0.2, -0.15) is 0 Å². The first-order valence-corrected chi connectivity index (χ1v) is 8.44. The van der Waals surface area contributed by atoms with Crippen LogP contribution in [0.4, 0.5) is 0 Å². The molecular formula is C18H32O. The second-order valence-corrected chi connectivity index (χ2v) is 8.84. The van der Waals surface area contributed by atoms with Crippen LogP contribution in [0.1, 0.15) is 73.1 Å². The average molecular weight is 264 g/mol. The summed E-state index contributed by atoms with van der Waals surface area (Å²) < 4.78 is 6.32. The average Bonchev–Trinajstić information content (AvgIpc) is 2.26. The molecule has 2 aliphatic carbocycles. The zero-order chi connectivity index (χ0) is 13.9. The van der Waals surface area contributed by atoms with E-state index in [4.69, 9.17) is 4.74 Å². The van der Waals surface area contributed by atoms with Crippen LogP contribution in [0, 0.1) is 28.6 Å². The summed E-state index contributed by atoms with van der Waals surface area (Å²) in [5, 5.41) is 0. The quantitative estimate of drug-likeness (QED) is 0.595. The lowest BCUT2D eigenvalue weighted by atomic mass is 9.43. The van der Waals surface area contributed by atoms with Gasteiger partial charge in [-0.3, -0.25) is 0 Å². The lowest BCUT2D eigenvalue weighted by Crippen LogP contribution is -2.62. The van der Waals surface area contributed by atoms with Crippen LogP contribution in [0.25, 0.3) is 0 Å². The molecule has 0 aromatic heterocycles. The number of fused-ring (bicyclic) bond motifs is 3. The minimum Gasteiger partial charge on any atom is -0.375 e. The first kappa shape index (κ1) is 13.9. The molecule has 0 spiro atoms. The molecular weight excluding hydrogens is 232 g/mol. The molecule has 1 aliphatic heterocycles. The second-order valence-electron chi connectivity index (χ2n) is 8.84. The normalized spacial score (nSPS) is 53.2. The number of hydrogen-bond acceptors (Lipinski definition) is 1. The molecule has 0 aromatic carbocycles. The highest BCUT2D eigenvalue weighted by Crippen LogP contribution is 2.65. The minimum absolute atomic E-state index is 0.163. The summed E-state index contributed by atoms with van der Waals surface area (Å²) >= 11 is 0. The largest absolute Gasteiger partial charge is 0.375 e. The summed E-state index contributed by atoms with van der Waals surface area (Å²) in [5.41, 5.74) is 1.20. The van der Waals surface area contributed by atoms with E-state index in [0.29, 0.717) is 10.8 Å². The predicted molar refractivity (Wildman–Crippen MR) is 80.1 cm³/mol. The Balaban J connectivity index is 2.01. The van der Waals surface area contributed by atoms with Crippen LogP contribution in [-0.4, -0.2) is 12.2 Å². The van der Waals surface area contributed by atoms with E-state index in [0.717, 1.165) is 24.4 Å². The third-order valence-corrected chi connectivity index (χ3v) is 7.15. The first-order valence-electron chi connectivity index (χ1n) is 8.44. The van der Waals surface area contributed by atoms with Gasteiger partial charge in [-0.05, 0) is 67.6 Å². The molecule has 0 amide bonds. The summed E-state index contributed by atoms with van der Waals surface area (Å²) in [7, 11) is 0. The molecule has 19 heavy (non-hydrogen) atoms. The van der Waals surface area contributed by atoms with Gasteiger partial charge in [0.05, 0.1) is 5.60 Å². The van der Waals surface area contributed by atoms with Gasteiger partial charge in [0.2, 0.25) is 0 Å². The molecule has 1 saturated heterocycles. The number of ether oxygens (including phenoxy) is 1. The fraction of sp³-hybridized carbons (Fsp3) is 1.00. The Morgan fingerprint density at radius 3 is 2.42 bits per heavy atom. The van der Waals surface area contributed by atoms with E-state index in [1.807, 2.05) is 0 Å². The monoisotopic (exact) mass is 264 g/mol. The molecule has 1 nitrogen and oxygen atoms in total. The fourth-order valence-electron chi connectivity index (χ4n) is 6.60. The van der Waals surface area contributed by atoms with Crippen LogP contribution in [-0.2, 0) is 4.74 Å². The van der Waals surface area contributed by atoms with E-state index >= 15 is 0 Å². The SMILES string of the molecule is C[C@@H]1CCO[C@]2(C)CC[C@H]3C(C)(C)CCC[C@]3(C)[C@@H]12. The van der Waals surface area contributed by atoms with E-state index in [1.54, 1.807) is 0 Å². The van der Waals surface area contributed by atoms with E-state index in [9.17, 15) is 0 Å². The van der Waals surface area contributed by atoms with Gasteiger partial charge < -0.3 is 4.74 Å². The molecule has 0 unspecified atom stereocenters. The summed E-state index contributed by atoms with van der Waals surface area (Å²) in [5.74, 6) is 2.50. The number of rotatable bonds is 0. The lowest BCUT2D eigenvalue weighted by molar-refractivity contribution is -0.230. The van der Waals surface area contributed by atoms with Crippen LogP contribution < -0.4 is 0 Å². The Hall–Kier alpha value is -0.0400. The molecule has 2 saturated carbocycles. The van der Waals surface area contributed by atoms with Gasteiger partial charge in [0.1, 0.15) is 0 Å². The molecule has 1 heterocycles. The molecule has 5 atom stereocenters. The summed E-state index contributed by atoms with van der Waals surface area (Å²) in [6.07, 6.45) is 8.19. The van der Waals surface area contributed by atoms with Crippen LogP contribution >= 0.6 is 0 Å². The maximum atomic E-state index is 6.32. The van der Waals surface area contributed by atoms with Gasteiger partial charge in [-0.25, -0.2) is 0 Å². The predicted octanol–water partition coefficient (Wildman–Crippen LogP) is 5.04. The van der Waals surface area contributed by atoms with Crippen molar-refractivity contribution < 1.29 is 4.74 Å². The molecule has 110 valence electrons. The Kier molecular flexibility index (Phi) is 3.10. The van der Waals surface area contributed by atoms with Crippen molar-refractivity contribution in [1.82, 2.24) is 0 Å². The maximum Gasteiger partial charge on any atom is 0.0690 e. The van der Waals surface area contributed by atoms with Crippen molar-refractivity contribution in [2.24, 2.45) is 28.6 Å². The molecule has 3 rings (SSSR count). The standard InChI is InChI=1S/C18H32O/c1-13-8-12-19-18(5)11-7-14-16(2,3)9-6-10-17(14,4)15(13)18/h13-15H,6-12H2,1-5H3/t13-,14+,15-,17+,18-/m1/s1. The highest BCUT2D eigenvalue weighted by atomic mass is 16.5. The van der Waals surface area contributed by atoms with Gasteiger partial charge in [0.25, 0.3) is 0 Å². The molecule has 0 aromatic rings. The van der Waals surface area contributed by atoms with Crippen molar-refractivity contribution in [2.75, 3.05) is 6.61 Å². The van der Waals surface area contributed by atoms with Gasteiger partial charge in [0.15, 0.2) is 0 Å². The molecule has 0 bridgehead atoms. The topological polar surface area (TPSA) is 9.23 Å². The zero-order valence-corrected chi connectivity index (χ0v) is 13.6. The van der Waals surface area contributed by atoms with Gasteiger partial charge >= 0.3 is 0 Å². The van der Waals surface area contributed by atoms with E-state index in [-0.39, 0.29) is 5.60 Å². The van der Waals surface area contributed by atoms with E-state index in [1.165, 1.54) is 38.5 Å². The van der Waals surface area contributed by atoms with Crippen LogP contribution in [0.2, 0.25) is 0 Å². The summed E-state index contributed by atoms with van der Waals surface area (Å²) in [6.45, 7) is 13.5. The Bertz CT molecular complexity index is 361. The molecule has 1 heteroatoms. The van der Waals surface area contributed by atoms with E-state index < -0.39 is 0 Å². The van der Waals surface area contributed by atoms with Crippen LogP contribution in [0.5, 0.6) is 0 Å². The number of hydrogen-bond donors (Lipinski definition) is 0. The van der Waals surface area contributed by atoms with Crippen molar-refractivity contribution in [3.8, 4) is 0 Å². The highest BCUT2D eigenvalue weighted by Gasteiger charge is 2.60.